The predicted molar refractivity (Wildman–Crippen MR) is 126 cm³/mol. The van der Waals surface area contributed by atoms with Crippen molar-refractivity contribution in [1.29, 1.82) is 0 Å². The molecule has 1 saturated heterocycles. The molecule has 2 aromatic carbocycles. The molecule has 2 N–H and O–H groups in total. The van der Waals surface area contributed by atoms with Crippen LogP contribution in [0.4, 0.5) is 11.4 Å². The normalized spacial score (nSPS) is 14.2. The fourth-order valence-electron chi connectivity index (χ4n) is 3.99. The molecule has 0 bridgehead atoms. The van der Waals surface area contributed by atoms with E-state index in [2.05, 4.69) is 39.0 Å². The molecule has 1 aliphatic heterocycles. The van der Waals surface area contributed by atoms with E-state index >= 15 is 0 Å². The number of carbonyl (C=O) groups is 2. The van der Waals surface area contributed by atoms with Gasteiger partial charge < -0.3 is 15.5 Å². The summed E-state index contributed by atoms with van der Waals surface area (Å²) < 4.78 is 0. The van der Waals surface area contributed by atoms with Crippen molar-refractivity contribution in [2.45, 2.75) is 0 Å². The van der Waals surface area contributed by atoms with Crippen molar-refractivity contribution >= 4 is 23.2 Å². The maximum Gasteiger partial charge on any atom is 0.276 e. The number of aromatic nitrogens is 1. The third-order valence-electron chi connectivity index (χ3n) is 5.72. The van der Waals surface area contributed by atoms with Crippen LogP contribution in [0.3, 0.4) is 0 Å². The zero-order valence-corrected chi connectivity index (χ0v) is 17.9. The van der Waals surface area contributed by atoms with E-state index in [0.29, 0.717) is 30.0 Å². The highest BCUT2D eigenvalue weighted by atomic mass is 16.2. The molecule has 2 heterocycles. The number of carbonyl (C=O) groups excluding carboxylic acids is 2. The van der Waals surface area contributed by atoms with Gasteiger partial charge >= 0.3 is 0 Å². The van der Waals surface area contributed by atoms with E-state index < -0.39 is 5.91 Å². The zero-order chi connectivity index (χ0) is 22.3. The largest absolute Gasteiger partial charge is 0.369 e. The minimum atomic E-state index is -0.559. The van der Waals surface area contributed by atoms with Gasteiger partial charge in [0.2, 0.25) is 0 Å². The maximum atomic E-state index is 13.3. The lowest BCUT2D eigenvalue weighted by atomic mass is 10.1. The molecule has 0 radical (unpaired) electrons. The second-order valence-electron chi connectivity index (χ2n) is 7.72. The van der Waals surface area contributed by atoms with Crippen LogP contribution in [0.5, 0.6) is 0 Å². The summed E-state index contributed by atoms with van der Waals surface area (Å²) in [5.41, 5.74) is 7.99. The lowest BCUT2D eigenvalue weighted by molar-refractivity contribution is 0.0978. The van der Waals surface area contributed by atoms with E-state index in [1.54, 1.807) is 53.6 Å². The average molecular weight is 430 g/mol. The number of piperazine rings is 1. The Morgan fingerprint density at radius 2 is 1.56 bits per heavy atom. The summed E-state index contributed by atoms with van der Waals surface area (Å²) in [6, 6.07) is 22.6. The number of rotatable bonds is 7. The maximum absolute atomic E-state index is 13.3. The first-order valence-electron chi connectivity index (χ1n) is 10.8. The van der Waals surface area contributed by atoms with Crippen LogP contribution in [0.15, 0.2) is 79.0 Å². The van der Waals surface area contributed by atoms with Gasteiger partial charge in [-0.3, -0.25) is 19.5 Å². The second-order valence-corrected chi connectivity index (χ2v) is 7.72. The molecule has 164 valence electrons. The van der Waals surface area contributed by atoms with Crippen molar-refractivity contribution in [3.8, 4) is 0 Å². The number of amides is 2. The van der Waals surface area contributed by atoms with Crippen LogP contribution in [-0.4, -0.2) is 61.0 Å². The van der Waals surface area contributed by atoms with E-state index in [0.717, 1.165) is 26.2 Å². The lowest BCUT2D eigenvalue weighted by Gasteiger charge is -2.37. The average Bonchev–Trinajstić information content (AvgIpc) is 2.85. The van der Waals surface area contributed by atoms with Gasteiger partial charge in [0, 0.05) is 51.2 Å². The van der Waals surface area contributed by atoms with Gasteiger partial charge in [-0.2, -0.15) is 0 Å². The highest BCUT2D eigenvalue weighted by Gasteiger charge is 2.24. The Labute approximate surface area is 188 Å². The molecule has 4 rings (SSSR count). The fraction of sp³-hybridized carbons (Fsp3) is 0.240. The molecule has 0 atom stereocenters. The monoisotopic (exact) mass is 429 g/mol. The molecule has 2 amide bonds. The topological polar surface area (TPSA) is 82.8 Å². The Balaban J connectivity index is 1.48. The van der Waals surface area contributed by atoms with Crippen LogP contribution >= 0.6 is 0 Å². The third-order valence-corrected chi connectivity index (χ3v) is 5.72. The summed E-state index contributed by atoms with van der Waals surface area (Å²) in [6.07, 6.45) is 1.59. The molecule has 0 spiro atoms. The molecular weight excluding hydrogens is 402 g/mol. The number of anilines is 2. The number of pyridine rings is 1. The summed E-state index contributed by atoms with van der Waals surface area (Å²) >= 11 is 0. The first kappa shape index (κ1) is 21.5. The molecular formula is C25H27N5O2. The van der Waals surface area contributed by atoms with Crippen molar-refractivity contribution in [2.24, 2.45) is 5.73 Å². The Morgan fingerprint density at radius 3 is 2.25 bits per heavy atom. The molecule has 32 heavy (non-hydrogen) atoms. The number of hydrogen-bond acceptors (Lipinski definition) is 5. The molecule has 0 saturated carbocycles. The molecule has 0 unspecified atom stereocenters. The van der Waals surface area contributed by atoms with Crippen molar-refractivity contribution in [2.75, 3.05) is 49.1 Å². The summed E-state index contributed by atoms with van der Waals surface area (Å²) in [4.78, 5) is 35.9. The molecule has 7 heteroatoms. The smallest absolute Gasteiger partial charge is 0.276 e. The van der Waals surface area contributed by atoms with Crippen molar-refractivity contribution < 1.29 is 9.59 Å². The summed E-state index contributed by atoms with van der Waals surface area (Å²) in [6.45, 7) is 4.78. The number of nitrogens with zero attached hydrogens (tertiary/aromatic N) is 4. The zero-order valence-electron chi connectivity index (χ0n) is 17.9. The quantitative estimate of drug-likeness (QED) is 0.624. The van der Waals surface area contributed by atoms with Crippen LogP contribution in [-0.2, 0) is 0 Å². The van der Waals surface area contributed by atoms with Crippen LogP contribution in [0.25, 0.3) is 0 Å². The van der Waals surface area contributed by atoms with Gasteiger partial charge in [-0.1, -0.05) is 36.4 Å². The number of para-hydroxylation sites is 2. The SMILES string of the molecule is NC(=O)c1ccccc1N(CCN1CCN(c2ccccc2)CC1)C(=O)c1ccccn1. The van der Waals surface area contributed by atoms with E-state index in [9.17, 15) is 9.59 Å². The fourth-order valence-corrected chi connectivity index (χ4v) is 3.99. The molecule has 7 nitrogen and oxygen atoms in total. The van der Waals surface area contributed by atoms with Crippen molar-refractivity contribution in [1.82, 2.24) is 9.88 Å². The van der Waals surface area contributed by atoms with Crippen molar-refractivity contribution in [3.63, 3.8) is 0 Å². The number of nitrogens with two attached hydrogens (primary N) is 1. The first-order chi connectivity index (χ1) is 15.6. The van der Waals surface area contributed by atoms with Gasteiger partial charge in [0.1, 0.15) is 5.69 Å². The van der Waals surface area contributed by atoms with Crippen molar-refractivity contribution in [3.05, 3.63) is 90.3 Å². The van der Waals surface area contributed by atoms with Gasteiger partial charge in [-0.05, 0) is 36.4 Å². The second kappa shape index (κ2) is 10.1. The Bertz CT molecular complexity index is 1050. The third kappa shape index (κ3) is 4.95. The first-order valence-corrected chi connectivity index (χ1v) is 10.8. The highest BCUT2D eigenvalue weighted by Crippen LogP contribution is 2.22. The van der Waals surface area contributed by atoms with Gasteiger partial charge in [0.25, 0.3) is 11.8 Å². The van der Waals surface area contributed by atoms with E-state index in [1.807, 2.05) is 6.07 Å². The van der Waals surface area contributed by atoms with E-state index in [1.165, 1.54) is 5.69 Å². The minimum Gasteiger partial charge on any atom is -0.369 e. The van der Waals surface area contributed by atoms with Gasteiger partial charge in [-0.25, -0.2) is 0 Å². The van der Waals surface area contributed by atoms with E-state index in [4.69, 9.17) is 5.73 Å². The minimum absolute atomic E-state index is 0.248. The Morgan fingerprint density at radius 1 is 0.875 bits per heavy atom. The van der Waals surface area contributed by atoms with Gasteiger partial charge in [0.15, 0.2) is 0 Å². The number of primary amides is 1. The summed E-state index contributed by atoms with van der Waals surface area (Å²) in [7, 11) is 0. The lowest BCUT2D eigenvalue weighted by Crippen LogP contribution is -2.49. The highest BCUT2D eigenvalue weighted by molar-refractivity contribution is 6.09. The predicted octanol–water partition coefficient (Wildman–Crippen LogP) is 2.65. The Hall–Kier alpha value is -3.71. The van der Waals surface area contributed by atoms with Crippen LogP contribution in [0.2, 0.25) is 0 Å². The molecule has 0 aliphatic carbocycles. The molecule has 1 aliphatic rings. The molecule has 1 aromatic heterocycles. The van der Waals surface area contributed by atoms with Crippen LogP contribution in [0.1, 0.15) is 20.8 Å². The van der Waals surface area contributed by atoms with Gasteiger partial charge in [0.05, 0.1) is 11.3 Å². The van der Waals surface area contributed by atoms with Crippen LogP contribution < -0.4 is 15.5 Å². The summed E-state index contributed by atoms with van der Waals surface area (Å²) in [5.74, 6) is -0.807. The standard InChI is InChI=1S/C25H27N5O2/c26-24(31)21-10-4-5-12-23(21)30(25(32)22-11-6-7-13-27-22)19-16-28-14-17-29(18-15-28)20-8-2-1-3-9-20/h1-13H,14-19H2,(H2,26,31). The van der Waals surface area contributed by atoms with Crippen LogP contribution in [0, 0.1) is 0 Å². The Kier molecular flexibility index (Phi) is 6.77. The number of benzene rings is 2. The van der Waals surface area contributed by atoms with E-state index in [-0.39, 0.29) is 5.91 Å². The molecule has 3 aromatic rings. The number of hydrogen-bond donors (Lipinski definition) is 1. The van der Waals surface area contributed by atoms with Gasteiger partial charge in [-0.15, -0.1) is 0 Å². The molecule has 1 fully saturated rings. The summed E-state index contributed by atoms with van der Waals surface area (Å²) in [5, 5.41) is 0.